The number of rotatable bonds is 5. The minimum atomic E-state index is 0.267. The molecule has 1 aromatic heterocycles. The molecule has 1 aliphatic rings. The van der Waals surface area contributed by atoms with Gasteiger partial charge in [-0.3, -0.25) is 0 Å². The number of thiocarbonyl (C=S) groups is 1. The predicted octanol–water partition coefficient (Wildman–Crippen LogP) is 4.09. The van der Waals surface area contributed by atoms with E-state index in [1.54, 1.807) is 12.3 Å². The Hall–Kier alpha value is -3.32. The zero-order chi connectivity index (χ0) is 18.5. The lowest BCUT2D eigenvalue weighted by Gasteiger charge is -2.11. The highest BCUT2D eigenvalue weighted by Crippen LogP contribution is 2.32. The van der Waals surface area contributed by atoms with Gasteiger partial charge in [-0.15, -0.1) is 0 Å². The van der Waals surface area contributed by atoms with E-state index in [2.05, 4.69) is 15.6 Å². The van der Waals surface area contributed by atoms with E-state index in [-0.39, 0.29) is 6.79 Å². The largest absolute Gasteiger partial charge is 0.454 e. The first-order valence-corrected chi connectivity index (χ1v) is 8.79. The zero-order valence-electron chi connectivity index (χ0n) is 14.3. The SMILES string of the molecule is S=C(NCc1ccc2c(c1)OCO2)Nc1ccc(Oc2ccccc2)nc1. The average molecular weight is 379 g/mol. The Morgan fingerprint density at radius 2 is 1.89 bits per heavy atom. The molecule has 0 atom stereocenters. The standard InChI is InChI=1S/C20H17N3O3S/c27-20(22-11-14-6-8-17-18(10-14)25-13-24-17)23-15-7-9-19(21-12-15)26-16-4-2-1-3-5-16/h1-10,12H,11,13H2,(H2,22,23,27). The third kappa shape index (κ3) is 4.45. The Morgan fingerprint density at radius 1 is 1.04 bits per heavy atom. The molecule has 0 bridgehead atoms. The van der Waals surface area contributed by atoms with Crippen molar-refractivity contribution in [3.63, 3.8) is 0 Å². The molecule has 2 N–H and O–H groups in total. The van der Waals surface area contributed by atoms with Crippen LogP contribution in [0.5, 0.6) is 23.1 Å². The van der Waals surface area contributed by atoms with Gasteiger partial charge >= 0.3 is 0 Å². The van der Waals surface area contributed by atoms with Crippen LogP contribution in [0.4, 0.5) is 5.69 Å². The third-order valence-electron chi connectivity index (χ3n) is 3.85. The first kappa shape index (κ1) is 17.1. The molecule has 7 heteroatoms. The number of anilines is 1. The van der Waals surface area contributed by atoms with Gasteiger partial charge in [-0.2, -0.15) is 0 Å². The fourth-order valence-electron chi connectivity index (χ4n) is 2.53. The Morgan fingerprint density at radius 3 is 2.70 bits per heavy atom. The van der Waals surface area contributed by atoms with Crippen molar-refractivity contribution >= 4 is 23.0 Å². The zero-order valence-corrected chi connectivity index (χ0v) is 15.2. The number of hydrogen-bond donors (Lipinski definition) is 2. The number of nitrogens with zero attached hydrogens (tertiary/aromatic N) is 1. The Labute approximate surface area is 162 Å². The lowest BCUT2D eigenvalue weighted by atomic mass is 10.2. The average Bonchev–Trinajstić information content (AvgIpc) is 3.17. The molecule has 0 aliphatic carbocycles. The Bertz CT molecular complexity index is 933. The van der Waals surface area contributed by atoms with Crippen molar-refractivity contribution in [3.8, 4) is 23.1 Å². The van der Waals surface area contributed by atoms with Crippen LogP contribution in [0.1, 0.15) is 5.56 Å². The molecule has 0 unspecified atom stereocenters. The normalized spacial score (nSPS) is 11.7. The Kier molecular flexibility index (Phi) is 5.02. The van der Waals surface area contributed by atoms with Gasteiger partial charge in [-0.1, -0.05) is 24.3 Å². The monoisotopic (exact) mass is 379 g/mol. The molecule has 4 rings (SSSR count). The molecule has 27 heavy (non-hydrogen) atoms. The van der Waals surface area contributed by atoms with Crippen LogP contribution in [0.25, 0.3) is 0 Å². The van der Waals surface area contributed by atoms with Gasteiger partial charge in [-0.05, 0) is 48.1 Å². The molecular weight excluding hydrogens is 362 g/mol. The summed E-state index contributed by atoms with van der Waals surface area (Å²) < 4.78 is 16.4. The summed E-state index contributed by atoms with van der Waals surface area (Å²) in [6.45, 7) is 0.842. The predicted molar refractivity (Wildman–Crippen MR) is 106 cm³/mol. The van der Waals surface area contributed by atoms with Gasteiger partial charge in [0.25, 0.3) is 0 Å². The van der Waals surface area contributed by atoms with E-state index in [4.69, 9.17) is 26.4 Å². The van der Waals surface area contributed by atoms with Gasteiger partial charge in [0.1, 0.15) is 5.75 Å². The lowest BCUT2D eigenvalue weighted by Crippen LogP contribution is -2.27. The van der Waals surface area contributed by atoms with Crippen LogP contribution >= 0.6 is 12.2 Å². The van der Waals surface area contributed by atoms with Gasteiger partial charge in [0.2, 0.25) is 12.7 Å². The first-order valence-electron chi connectivity index (χ1n) is 8.38. The summed E-state index contributed by atoms with van der Waals surface area (Å²) in [5.41, 5.74) is 1.83. The number of fused-ring (bicyclic) bond motifs is 1. The van der Waals surface area contributed by atoms with Gasteiger partial charge in [0, 0.05) is 12.6 Å². The fraction of sp³-hybridized carbons (Fsp3) is 0.100. The summed E-state index contributed by atoms with van der Waals surface area (Å²) in [6, 6.07) is 19.0. The molecule has 2 aromatic carbocycles. The summed E-state index contributed by atoms with van der Waals surface area (Å²) in [7, 11) is 0. The summed E-state index contributed by atoms with van der Waals surface area (Å²) in [6.07, 6.45) is 1.67. The highest BCUT2D eigenvalue weighted by Gasteiger charge is 2.13. The molecule has 6 nitrogen and oxygen atoms in total. The number of pyridine rings is 1. The summed E-state index contributed by atoms with van der Waals surface area (Å²) in [5, 5.41) is 6.77. The quantitative estimate of drug-likeness (QED) is 0.647. The molecule has 0 fully saturated rings. The molecule has 0 saturated carbocycles. The van der Waals surface area contributed by atoms with E-state index < -0.39 is 0 Å². The molecule has 0 saturated heterocycles. The minimum Gasteiger partial charge on any atom is -0.454 e. The van der Waals surface area contributed by atoms with Crippen molar-refractivity contribution in [2.75, 3.05) is 12.1 Å². The number of ether oxygens (including phenoxy) is 3. The molecule has 3 aromatic rings. The molecular formula is C20H17N3O3S. The van der Waals surface area contributed by atoms with Crippen molar-refractivity contribution in [1.29, 1.82) is 0 Å². The number of nitrogens with one attached hydrogen (secondary N) is 2. The van der Waals surface area contributed by atoms with E-state index in [9.17, 15) is 0 Å². The maximum atomic E-state index is 5.67. The minimum absolute atomic E-state index is 0.267. The smallest absolute Gasteiger partial charge is 0.231 e. The second-order valence-electron chi connectivity index (χ2n) is 5.80. The van der Waals surface area contributed by atoms with Crippen molar-refractivity contribution in [2.45, 2.75) is 6.54 Å². The van der Waals surface area contributed by atoms with Crippen LogP contribution in [0.15, 0.2) is 66.9 Å². The van der Waals surface area contributed by atoms with Crippen LogP contribution in [0.2, 0.25) is 0 Å². The second kappa shape index (κ2) is 7.92. The van der Waals surface area contributed by atoms with Gasteiger partial charge in [0.15, 0.2) is 16.6 Å². The van der Waals surface area contributed by atoms with Crippen molar-refractivity contribution in [3.05, 3.63) is 72.4 Å². The van der Waals surface area contributed by atoms with Crippen LogP contribution in [0, 0.1) is 0 Å². The van der Waals surface area contributed by atoms with E-state index in [1.807, 2.05) is 54.6 Å². The molecule has 0 radical (unpaired) electrons. The lowest BCUT2D eigenvalue weighted by molar-refractivity contribution is 0.174. The van der Waals surface area contributed by atoms with Crippen LogP contribution in [-0.4, -0.2) is 16.9 Å². The van der Waals surface area contributed by atoms with Gasteiger partial charge < -0.3 is 24.8 Å². The summed E-state index contributed by atoms with van der Waals surface area (Å²) >= 11 is 5.34. The van der Waals surface area contributed by atoms with E-state index in [1.165, 1.54) is 0 Å². The van der Waals surface area contributed by atoms with Gasteiger partial charge in [-0.25, -0.2) is 4.98 Å². The van der Waals surface area contributed by atoms with Gasteiger partial charge in [0.05, 0.1) is 11.9 Å². The summed E-state index contributed by atoms with van der Waals surface area (Å²) in [5.74, 6) is 2.78. The number of aromatic nitrogens is 1. The van der Waals surface area contributed by atoms with Crippen LogP contribution in [-0.2, 0) is 6.54 Å². The van der Waals surface area contributed by atoms with E-state index >= 15 is 0 Å². The maximum absolute atomic E-state index is 5.67. The molecule has 0 amide bonds. The number of para-hydroxylation sites is 1. The molecule has 0 spiro atoms. The van der Waals surface area contributed by atoms with Crippen molar-refractivity contribution < 1.29 is 14.2 Å². The molecule has 2 heterocycles. The van der Waals surface area contributed by atoms with E-state index in [0.717, 1.165) is 28.5 Å². The first-order chi connectivity index (χ1) is 13.3. The van der Waals surface area contributed by atoms with Crippen molar-refractivity contribution in [2.24, 2.45) is 0 Å². The number of benzene rings is 2. The maximum Gasteiger partial charge on any atom is 0.231 e. The topological polar surface area (TPSA) is 64.6 Å². The third-order valence-corrected chi connectivity index (χ3v) is 4.10. The second-order valence-corrected chi connectivity index (χ2v) is 6.20. The van der Waals surface area contributed by atoms with Crippen molar-refractivity contribution in [1.82, 2.24) is 10.3 Å². The highest BCUT2D eigenvalue weighted by molar-refractivity contribution is 7.80. The van der Waals surface area contributed by atoms with E-state index in [0.29, 0.717) is 17.5 Å². The number of hydrogen-bond acceptors (Lipinski definition) is 5. The molecule has 1 aliphatic heterocycles. The Balaban J connectivity index is 1.29. The fourth-order valence-corrected chi connectivity index (χ4v) is 2.72. The van der Waals surface area contributed by atoms with Crippen LogP contribution in [0.3, 0.4) is 0 Å². The highest BCUT2D eigenvalue weighted by atomic mass is 32.1. The van der Waals surface area contributed by atoms with Crippen LogP contribution < -0.4 is 24.8 Å². The summed E-state index contributed by atoms with van der Waals surface area (Å²) in [4.78, 5) is 4.28. The molecule has 136 valence electrons.